The summed E-state index contributed by atoms with van der Waals surface area (Å²) in [6.07, 6.45) is 3.19. The molecule has 0 atom stereocenters. The van der Waals surface area contributed by atoms with Gasteiger partial charge < -0.3 is 21.1 Å². The van der Waals surface area contributed by atoms with Crippen LogP contribution in [0.15, 0.2) is 18.2 Å². The number of nitrogens with two attached hydrogens (primary N) is 2. The van der Waals surface area contributed by atoms with Crippen molar-refractivity contribution in [1.29, 1.82) is 0 Å². The van der Waals surface area contributed by atoms with Crippen molar-refractivity contribution in [3.63, 3.8) is 0 Å². The summed E-state index contributed by atoms with van der Waals surface area (Å²) in [6, 6.07) is 4.75. The Kier molecular flexibility index (Phi) is 4.45. The van der Waals surface area contributed by atoms with Gasteiger partial charge in [0.2, 0.25) is 0 Å². The molecule has 0 aromatic heterocycles. The van der Waals surface area contributed by atoms with Crippen LogP contribution < -0.4 is 16.2 Å². The Morgan fingerprint density at radius 2 is 1.90 bits per heavy atom. The molecule has 6 nitrogen and oxygen atoms in total. The van der Waals surface area contributed by atoms with Crippen LogP contribution in [0, 0.1) is 0 Å². The molecule has 2 amide bonds. The van der Waals surface area contributed by atoms with Gasteiger partial charge >= 0.3 is 0 Å². The van der Waals surface area contributed by atoms with E-state index in [1.165, 1.54) is 6.07 Å². The number of ether oxygens (including phenoxy) is 1. The minimum atomic E-state index is -0.627. The molecule has 1 saturated heterocycles. The monoisotopic (exact) mass is 277 g/mol. The summed E-state index contributed by atoms with van der Waals surface area (Å²) in [4.78, 5) is 25.1. The van der Waals surface area contributed by atoms with Gasteiger partial charge in [0.05, 0.1) is 11.3 Å². The Hall–Kier alpha value is -2.24. The molecule has 1 aromatic rings. The van der Waals surface area contributed by atoms with Crippen LogP contribution in [0.2, 0.25) is 0 Å². The van der Waals surface area contributed by atoms with E-state index in [9.17, 15) is 9.59 Å². The molecule has 4 N–H and O–H groups in total. The number of benzene rings is 1. The molecule has 20 heavy (non-hydrogen) atoms. The van der Waals surface area contributed by atoms with Crippen LogP contribution in [-0.2, 0) is 4.79 Å². The maximum Gasteiger partial charge on any atom is 0.260 e. The predicted octanol–water partition coefficient (Wildman–Crippen LogP) is 0.759. The van der Waals surface area contributed by atoms with E-state index < -0.39 is 5.91 Å². The standard InChI is InChI=1S/C14H19N3O3/c15-11-6-4-5-10(14(16)19)13(11)20-9-12(18)17-7-2-1-3-8-17/h4-6H,1-3,7-9,15H2,(H2,16,19). The number of para-hydroxylation sites is 1. The zero-order valence-corrected chi connectivity index (χ0v) is 11.3. The molecule has 1 heterocycles. The second-order valence-corrected chi connectivity index (χ2v) is 4.82. The molecular formula is C14H19N3O3. The van der Waals surface area contributed by atoms with E-state index in [-0.39, 0.29) is 23.8 Å². The maximum atomic E-state index is 12.0. The molecule has 6 heteroatoms. The SMILES string of the molecule is NC(=O)c1cccc(N)c1OCC(=O)N1CCCCC1. The van der Waals surface area contributed by atoms with Crippen LogP contribution in [0.1, 0.15) is 29.6 Å². The Morgan fingerprint density at radius 1 is 1.20 bits per heavy atom. The van der Waals surface area contributed by atoms with Gasteiger partial charge in [-0.15, -0.1) is 0 Å². The third kappa shape index (κ3) is 3.20. The minimum Gasteiger partial charge on any atom is -0.481 e. The average Bonchev–Trinajstić information content (AvgIpc) is 2.46. The highest BCUT2D eigenvalue weighted by Crippen LogP contribution is 2.26. The Bertz CT molecular complexity index is 510. The number of hydrogen-bond acceptors (Lipinski definition) is 4. The van der Waals surface area contributed by atoms with Crippen LogP contribution in [0.3, 0.4) is 0 Å². The number of anilines is 1. The van der Waals surface area contributed by atoms with Gasteiger partial charge in [0.1, 0.15) is 0 Å². The van der Waals surface area contributed by atoms with Gasteiger partial charge in [-0.1, -0.05) is 6.07 Å². The van der Waals surface area contributed by atoms with Crippen molar-refractivity contribution in [2.75, 3.05) is 25.4 Å². The number of rotatable bonds is 4. The minimum absolute atomic E-state index is 0.0941. The van der Waals surface area contributed by atoms with Gasteiger partial charge in [0.15, 0.2) is 12.4 Å². The molecule has 1 aliphatic heterocycles. The molecule has 0 aliphatic carbocycles. The molecular weight excluding hydrogens is 258 g/mol. The van der Waals surface area contributed by atoms with Gasteiger partial charge in [0.25, 0.3) is 11.8 Å². The van der Waals surface area contributed by atoms with Crippen LogP contribution in [-0.4, -0.2) is 36.4 Å². The molecule has 0 spiro atoms. The lowest BCUT2D eigenvalue weighted by Gasteiger charge is -2.26. The fraction of sp³-hybridized carbons (Fsp3) is 0.429. The number of hydrogen-bond donors (Lipinski definition) is 2. The third-order valence-electron chi connectivity index (χ3n) is 3.36. The van der Waals surface area contributed by atoms with Gasteiger partial charge in [-0.05, 0) is 31.4 Å². The molecule has 2 rings (SSSR count). The van der Waals surface area contributed by atoms with Crippen molar-refractivity contribution in [2.45, 2.75) is 19.3 Å². The normalized spacial score (nSPS) is 14.9. The van der Waals surface area contributed by atoms with E-state index in [0.29, 0.717) is 5.69 Å². The largest absolute Gasteiger partial charge is 0.481 e. The molecule has 1 fully saturated rings. The number of carbonyl (C=O) groups excluding carboxylic acids is 2. The van der Waals surface area contributed by atoms with Crippen molar-refractivity contribution in [3.05, 3.63) is 23.8 Å². The van der Waals surface area contributed by atoms with Crippen molar-refractivity contribution in [1.82, 2.24) is 4.90 Å². The first-order chi connectivity index (χ1) is 9.59. The fourth-order valence-electron chi connectivity index (χ4n) is 2.28. The maximum absolute atomic E-state index is 12.0. The number of primary amides is 1. The smallest absolute Gasteiger partial charge is 0.260 e. The zero-order chi connectivity index (χ0) is 14.5. The number of amides is 2. The summed E-state index contributed by atoms with van der Waals surface area (Å²) in [5.74, 6) is -0.536. The van der Waals surface area contributed by atoms with Crippen molar-refractivity contribution >= 4 is 17.5 Å². The first-order valence-electron chi connectivity index (χ1n) is 6.68. The van der Waals surface area contributed by atoms with E-state index in [1.807, 2.05) is 0 Å². The van der Waals surface area contributed by atoms with Crippen molar-refractivity contribution in [2.24, 2.45) is 5.73 Å². The molecule has 108 valence electrons. The summed E-state index contributed by atoms with van der Waals surface area (Å²) < 4.78 is 5.43. The Balaban J connectivity index is 2.03. The average molecular weight is 277 g/mol. The van der Waals surface area contributed by atoms with Gasteiger partial charge in [-0.25, -0.2) is 0 Å². The lowest BCUT2D eigenvalue weighted by atomic mass is 10.1. The van der Waals surface area contributed by atoms with Crippen molar-refractivity contribution < 1.29 is 14.3 Å². The molecule has 1 aliphatic rings. The molecule has 0 bridgehead atoms. The van der Waals surface area contributed by atoms with E-state index in [2.05, 4.69) is 0 Å². The third-order valence-corrected chi connectivity index (χ3v) is 3.36. The summed E-state index contributed by atoms with van der Waals surface area (Å²) in [6.45, 7) is 1.39. The highest BCUT2D eigenvalue weighted by Gasteiger charge is 2.19. The lowest BCUT2D eigenvalue weighted by Crippen LogP contribution is -2.38. The number of carbonyl (C=O) groups is 2. The highest BCUT2D eigenvalue weighted by molar-refractivity contribution is 5.97. The fourth-order valence-corrected chi connectivity index (χ4v) is 2.28. The number of likely N-dealkylation sites (tertiary alicyclic amines) is 1. The second kappa shape index (κ2) is 6.27. The van der Waals surface area contributed by atoms with E-state index in [4.69, 9.17) is 16.2 Å². The quantitative estimate of drug-likeness (QED) is 0.794. The number of nitrogens with zero attached hydrogens (tertiary/aromatic N) is 1. The predicted molar refractivity (Wildman–Crippen MR) is 75.3 cm³/mol. The van der Waals surface area contributed by atoms with Crippen LogP contribution in [0.4, 0.5) is 5.69 Å². The first kappa shape index (κ1) is 14.2. The van der Waals surface area contributed by atoms with Gasteiger partial charge in [0, 0.05) is 13.1 Å². The van der Waals surface area contributed by atoms with E-state index in [1.54, 1.807) is 17.0 Å². The highest BCUT2D eigenvalue weighted by atomic mass is 16.5. The Labute approximate surface area is 117 Å². The summed E-state index contributed by atoms with van der Waals surface area (Å²) >= 11 is 0. The lowest BCUT2D eigenvalue weighted by molar-refractivity contribution is -0.134. The van der Waals surface area contributed by atoms with Gasteiger partial charge in [-0.3, -0.25) is 9.59 Å². The second-order valence-electron chi connectivity index (χ2n) is 4.82. The first-order valence-corrected chi connectivity index (χ1v) is 6.68. The molecule has 0 unspecified atom stereocenters. The number of nitrogen functional groups attached to an aromatic ring is 1. The van der Waals surface area contributed by atoms with Crippen LogP contribution in [0.25, 0.3) is 0 Å². The summed E-state index contributed by atoms with van der Waals surface area (Å²) in [5, 5.41) is 0. The van der Waals surface area contributed by atoms with Crippen LogP contribution >= 0.6 is 0 Å². The number of piperidine rings is 1. The molecule has 0 saturated carbocycles. The summed E-state index contributed by atoms with van der Waals surface area (Å²) in [7, 11) is 0. The Morgan fingerprint density at radius 3 is 2.55 bits per heavy atom. The van der Waals surface area contributed by atoms with Crippen LogP contribution in [0.5, 0.6) is 5.75 Å². The topological polar surface area (TPSA) is 98.6 Å². The molecule has 1 aromatic carbocycles. The van der Waals surface area contributed by atoms with E-state index in [0.717, 1.165) is 32.4 Å². The van der Waals surface area contributed by atoms with Gasteiger partial charge in [-0.2, -0.15) is 0 Å². The summed E-state index contributed by atoms with van der Waals surface area (Å²) in [5.41, 5.74) is 11.5. The molecule has 0 radical (unpaired) electrons. The van der Waals surface area contributed by atoms with Crippen molar-refractivity contribution in [3.8, 4) is 5.75 Å². The zero-order valence-electron chi connectivity index (χ0n) is 11.3. The van der Waals surface area contributed by atoms with E-state index >= 15 is 0 Å².